The molecular formula is C12H15F5O5. The van der Waals surface area contributed by atoms with Gasteiger partial charge in [0.05, 0.1) is 0 Å². The van der Waals surface area contributed by atoms with Gasteiger partial charge in [0.1, 0.15) is 6.61 Å². The van der Waals surface area contributed by atoms with Gasteiger partial charge in [-0.15, -0.1) is 0 Å². The summed E-state index contributed by atoms with van der Waals surface area (Å²) in [6, 6.07) is 0. The monoisotopic (exact) mass is 334 g/mol. The van der Waals surface area contributed by atoms with E-state index in [0.29, 0.717) is 13.0 Å². The van der Waals surface area contributed by atoms with E-state index in [1.54, 1.807) is 0 Å². The van der Waals surface area contributed by atoms with Crippen LogP contribution in [0.1, 0.15) is 20.8 Å². The van der Waals surface area contributed by atoms with Crippen LogP contribution in [0, 0.1) is 0 Å². The molecule has 10 heteroatoms. The van der Waals surface area contributed by atoms with Gasteiger partial charge in [0.25, 0.3) is 0 Å². The second kappa shape index (κ2) is 5.14. The van der Waals surface area contributed by atoms with E-state index in [1.807, 2.05) is 0 Å². The molecular weight excluding hydrogens is 319 g/mol. The van der Waals surface area contributed by atoms with Crippen LogP contribution >= 0.6 is 0 Å². The first-order valence-electron chi connectivity index (χ1n) is 5.98. The summed E-state index contributed by atoms with van der Waals surface area (Å²) in [6.45, 7) is 4.16. The van der Waals surface area contributed by atoms with Crippen LogP contribution in [0.25, 0.3) is 0 Å². The number of carbonyl (C=O) groups is 1. The summed E-state index contributed by atoms with van der Waals surface area (Å²) < 4.78 is 80.6. The topological polar surface area (TPSA) is 65.0 Å². The van der Waals surface area contributed by atoms with Gasteiger partial charge in [-0.1, -0.05) is 6.58 Å². The summed E-state index contributed by atoms with van der Waals surface area (Å²) in [5.74, 6) is -13.1. The molecule has 1 fully saturated rings. The zero-order chi connectivity index (χ0) is 17.6. The van der Waals surface area contributed by atoms with E-state index in [2.05, 4.69) is 16.1 Å². The van der Waals surface area contributed by atoms with Crippen molar-refractivity contribution in [1.82, 2.24) is 0 Å². The van der Waals surface area contributed by atoms with E-state index in [-0.39, 0.29) is 0 Å². The molecule has 0 aliphatic carbocycles. The number of hydrogen-bond acceptors (Lipinski definition) is 5. The highest BCUT2D eigenvalue weighted by Gasteiger charge is 2.81. The predicted octanol–water partition coefficient (Wildman–Crippen LogP) is 2.14. The summed E-state index contributed by atoms with van der Waals surface area (Å²) in [4.78, 5) is 11.0. The number of alkyl halides is 5. The van der Waals surface area contributed by atoms with Crippen molar-refractivity contribution in [3.63, 3.8) is 0 Å². The maximum absolute atomic E-state index is 14.3. The molecule has 0 radical (unpaired) electrons. The van der Waals surface area contributed by atoms with E-state index < -0.39 is 41.9 Å². The van der Waals surface area contributed by atoms with E-state index in [0.717, 1.165) is 13.8 Å². The molecule has 1 N–H and O–H groups in total. The first-order chi connectivity index (χ1) is 9.62. The molecule has 0 aromatic rings. The average molecular weight is 334 g/mol. The van der Waals surface area contributed by atoms with Crippen LogP contribution in [0.4, 0.5) is 22.0 Å². The number of hydrogen-bond donors (Lipinski definition) is 1. The molecule has 1 rings (SSSR count). The molecule has 0 amide bonds. The molecule has 0 bridgehead atoms. The number of esters is 1. The third-order valence-corrected chi connectivity index (χ3v) is 3.00. The van der Waals surface area contributed by atoms with Gasteiger partial charge in [-0.05, 0) is 20.8 Å². The van der Waals surface area contributed by atoms with Crippen molar-refractivity contribution < 1.29 is 46.1 Å². The van der Waals surface area contributed by atoms with Gasteiger partial charge >= 0.3 is 23.9 Å². The van der Waals surface area contributed by atoms with Crippen LogP contribution in [0.15, 0.2) is 12.7 Å². The number of aliphatic hydroxyl groups is 1. The molecule has 2 unspecified atom stereocenters. The van der Waals surface area contributed by atoms with Crippen LogP contribution < -0.4 is 0 Å². The molecule has 0 aromatic heterocycles. The zero-order valence-corrected chi connectivity index (χ0v) is 12.0. The van der Waals surface area contributed by atoms with Crippen molar-refractivity contribution in [2.75, 3.05) is 6.61 Å². The molecule has 1 saturated heterocycles. The van der Waals surface area contributed by atoms with Crippen molar-refractivity contribution in [3.8, 4) is 0 Å². The number of halogens is 5. The Bertz CT molecular complexity index is 475. The highest BCUT2D eigenvalue weighted by molar-refractivity contribution is 5.81. The Morgan fingerprint density at radius 3 is 2.18 bits per heavy atom. The second-order valence-corrected chi connectivity index (χ2v) is 5.36. The molecule has 128 valence electrons. The Labute approximate surface area is 122 Å². The minimum absolute atomic E-state index is 0.574. The molecule has 1 heterocycles. The van der Waals surface area contributed by atoms with Crippen LogP contribution in [0.5, 0.6) is 0 Å². The van der Waals surface area contributed by atoms with Crippen LogP contribution in [0.2, 0.25) is 0 Å². The zero-order valence-electron chi connectivity index (χ0n) is 12.0. The third kappa shape index (κ3) is 2.82. The largest absolute Gasteiger partial charge is 0.459 e. The summed E-state index contributed by atoms with van der Waals surface area (Å²) in [7, 11) is 0. The maximum atomic E-state index is 14.3. The number of rotatable bonds is 3. The predicted molar refractivity (Wildman–Crippen MR) is 61.8 cm³/mol. The van der Waals surface area contributed by atoms with Crippen molar-refractivity contribution in [2.45, 2.75) is 50.0 Å². The van der Waals surface area contributed by atoms with Gasteiger partial charge in [0, 0.05) is 6.08 Å². The quantitative estimate of drug-likeness (QED) is 0.487. The van der Waals surface area contributed by atoms with Crippen molar-refractivity contribution in [2.24, 2.45) is 0 Å². The highest BCUT2D eigenvalue weighted by Crippen LogP contribution is 2.55. The molecule has 0 aromatic carbocycles. The Morgan fingerprint density at radius 2 is 1.77 bits per heavy atom. The average Bonchev–Trinajstić information content (AvgIpc) is 2.31. The van der Waals surface area contributed by atoms with Crippen molar-refractivity contribution in [1.29, 1.82) is 0 Å². The lowest BCUT2D eigenvalue weighted by Crippen LogP contribution is -2.77. The lowest BCUT2D eigenvalue weighted by Gasteiger charge is -2.54. The molecule has 1 aliphatic rings. The number of ether oxygens (including phenoxy) is 3. The Morgan fingerprint density at radius 1 is 1.27 bits per heavy atom. The first kappa shape index (κ1) is 18.8. The SMILES string of the molecule is C=CC(=O)OCC1(C)OC(C)(C)OC(O)(C(F)(F)F)C1(F)F. The normalized spacial score (nSPS) is 34.0. The van der Waals surface area contributed by atoms with Crippen molar-refractivity contribution >= 4 is 5.97 Å². The summed E-state index contributed by atoms with van der Waals surface area (Å²) in [5.41, 5.74) is -2.99. The molecule has 0 saturated carbocycles. The summed E-state index contributed by atoms with van der Waals surface area (Å²) in [5, 5.41) is 9.49. The number of carbonyl (C=O) groups excluding carboxylic acids is 1. The molecule has 1 aliphatic heterocycles. The molecule has 5 nitrogen and oxygen atoms in total. The lowest BCUT2D eigenvalue weighted by atomic mass is 9.88. The van der Waals surface area contributed by atoms with E-state index in [4.69, 9.17) is 4.74 Å². The summed E-state index contributed by atoms with van der Waals surface area (Å²) in [6.07, 6.45) is -5.18. The van der Waals surface area contributed by atoms with Gasteiger partial charge in [0.2, 0.25) is 0 Å². The van der Waals surface area contributed by atoms with Crippen molar-refractivity contribution in [3.05, 3.63) is 12.7 Å². The minimum atomic E-state index is -5.82. The molecule has 2 atom stereocenters. The fourth-order valence-corrected chi connectivity index (χ4v) is 2.03. The van der Waals surface area contributed by atoms with E-state index in [1.165, 1.54) is 0 Å². The minimum Gasteiger partial charge on any atom is -0.459 e. The van der Waals surface area contributed by atoms with Gasteiger partial charge in [-0.25, -0.2) is 4.79 Å². The van der Waals surface area contributed by atoms with Crippen LogP contribution in [0.3, 0.4) is 0 Å². The maximum Gasteiger partial charge on any atom is 0.449 e. The fraction of sp³-hybridized carbons (Fsp3) is 0.750. The Balaban J connectivity index is 3.31. The van der Waals surface area contributed by atoms with Gasteiger partial charge in [-0.2, -0.15) is 22.0 Å². The second-order valence-electron chi connectivity index (χ2n) is 5.36. The van der Waals surface area contributed by atoms with E-state index >= 15 is 0 Å². The van der Waals surface area contributed by atoms with Gasteiger partial charge in [0.15, 0.2) is 11.4 Å². The van der Waals surface area contributed by atoms with Gasteiger partial charge < -0.3 is 19.3 Å². The van der Waals surface area contributed by atoms with Crippen LogP contribution in [-0.2, 0) is 19.0 Å². The third-order valence-electron chi connectivity index (χ3n) is 3.00. The lowest BCUT2D eigenvalue weighted by molar-refractivity contribution is -0.541. The highest BCUT2D eigenvalue weighted by atomic mass is 19.4. The summed E-state index contributed by atoms with van der Waals surface area (Å²) >= 11 is 0. The Hall–Kier alpha value is -1.26. The molecule has 0 spiro atoms. The standard InChI is InChI=1S/C12H15F5O5/c1-5-7(18)20-6-9(4)10(13,14)11(19,12(15,16)17)22-8(2,3)21-9/h5,19H,1,6H2,2-4H3. The molecule has 22 heavy (non-hydrogen) atoms. The van der Waals surface area contributed by atoms with Crippen LogP contribution in [-0.4, -0.2) is 47.0 Å². The Kier molecular flexibility index (Phi) is 4.39. The smallest absolute Gasteiger partial charge is 0.449 e. The fourth-order valence-electron chi connectivity index (χ4n) is 2.03. The first-order valence-corrected chi connectivity index (χ1v) is 5.98. The van der Waals surface area contributed by atoms with Gasteiger partial charge in [-0.3, -0.25) is 0 Å². The van der Waals surface area contributed by atoms with E-state index in [9.17, 15) is 31.9 Å².